The van der Waals surface area contributed by atoms with E-state index in [0.29, 0.717) is 12.0 Å². The van der Waals surface area contributed by atoms with Gasteiger partial charge in [0.25, 0.3) is 0 Å². The first-order chi connectivity index (χ1) is 7.50. The van der Waals surface area contributed by atoms with Gasteiger partial charge in [0, 0.05) is 6.42 Å². The van der Waals surface area contributed by atoms with Crippen molar-refractivity contribution in [3.8, 4) is 0 Å². The van der Waals surface area contributed by atoms with E-state index < -0.39 is 6.10 Å². The monoisotopic (exact) mass is 218 g/mol. The van der Waals surface area contributed by atoms with E-state index in [9.17, 15) is 9.59 Å². The number of aryl methyl sites for hydroxylation is 2. The molecule has 2 rings (SSSR count). The molecule has 3 heteroatoms. The quantitative estimate of drug-likeness (QED) is 0.677. The number of esters is 1. The predicted octanol–water partition coefficient (Wildman–Crippen LogP) is 1.97. The van der Waals surface area contributed by atoms with Crippen molar-refractivity contribution >= 4 is 11.8 Å². The van der Waals surface area contributed by atoms with Gasteiger partial charge in [-0.15, -0.1) is 0 Å². The van der Waals surface area contributed by atoms with Crippen LogP contribution in [0.5, 0.6) is 0 Å². The first kappa shape index (κ1) is 10.9. The predicted molar refractivity (Wildman–Crippen MR) is 59.5 cm³/mol. The molecule has 0 radical (unpaired) electrons. The maximum Gasteiger partial charge on any atom is 0.339 e. The largest absolute Gasteiger partial charge is 0.450 e. The van der Waals surface area contributed by atoms with Crippen LogP contribution >= 0.6 is 0 Å². The maximum absolute atomic E-state index is 11.8. The molecule has 0 N–H and O–H groups in total. The van der Waals surface area contributed by atoms with Crippen LogP contribution in [0.15, 0.2) is 12.1 Å². The summed E-state index contributed by atoms with van der Waals surface area (Å²) in [6.45, 7) is 5.29. The average Bonchev–Trinajstić information content (AvgIpc) is 2.22. The van der Waals surface area contributed by atoms with Crippen molar-refractivity contribution in [3.05, 3.63) is 34.4 Å². The van der Waals surface area contributed by atoms with E-state index in [4.69, 9.17) is 4.74 Å². The number of rotatable bonds is 1. The second kappa shape index (κ2) is 3.74. The van der Waals surface area contributed by atoms with Gasteiger partial charge in [-0.1, -0.05) is 12.1 Å². The lowest BCUT2D eigenvalue weighted by Crippen LogP contribution is -2.33. The van der Waals surface area contributed by atoms with Gasteiger partial charge in [-0.25, -0.2) is 4.79 Å². The Bertz CT molecular complexity index is 474. The van der Waals surface area contributed by atoms with Gasteiger partial charge in [-0.05, 0) is 37.5 Å². The summed E-state index contributed by atoms with van der Waals surface area (Å²) in [5.41, 5.74) is 3.55. The molecule has 0 aromatic heterocycles. The van der Waals surface area contributed by atoms with Crippen LogP contribution in [0, 0.1) is 13.8 Å². The number of ether oxygens (including phenoxy) is 1. The lowest BCUT2D eigenvalue weighted by atomic mass is 9.90. The third-order valence-electron chi connectivity index (χ3n) is 3.05. The molecule has 1 aromatic rings. The highest BCUT2D eigenvalue weighted by Gasteiger charge is 2.31. The van der Waals surface area contributed by atoms with Crippen LogP contribution in [0.2, 0.25) is 0 Å². The molecule has 16 heavy (non-hydrogen) atoms. The fraction of sp³-hybridized carbons (Fsp3) is 0.385. The highest BCUT2D eigenvalue weighted by molar-refractivity contribution is 5.97. The fourth-order valence-corrected chi connectivity index (χ4v) is 2.06. The van der Waals surface area contributed by atoms with Crippen molar-refractivity contribution in [1.82, 2.24) is 0 Å². The smallest absolute Gasteiger partial charge is 0.339 e. The van der Waals surface area contributed by atoms with Crippen LogP contribution in [0.4, 0.5) is 0 Å². The van der Waals surface area contributed by atoms with E-state index in [0.717, 1.165) is 16.7 Å². The van der Waals surface area contributed by atoms with Crippen molar-refractivity contribution in [2.75, 3.05) is 0 Å². The van der Waals surface area contributed by atoms with E-state index in [2.05, 4.69) is 0 Å². The fourth-order valence-electron chi connectivity index (χ4n) is 2.06. The van der Waals surface area contributed by atoms with Crippen LogP contribution in [-0.4, -0.2) is 17.9 Å². The molecule has 0 amide bonds. The molecular formula is C13H14O3. The van der Waals surface area contributed by atoms with Gasteiger partial charge in [0.1, 0.15) is 0 Å². The number of hydrogen-bond acceptors (Lipinski definition) is 3. The summed E-state index contributed by atoms with van der Waals surface area (Å²) in [7, 11) is 0. The summed E-state index contributed by atoms with van der Waals surface area (Å²) in [4.78, 5) is 23.1. The third-order valence-corrected chi connectivity index (χ3v) is 3.05. The minimum atomic E-state index is -0.611. The van der Waals surface area contributed by atoms with E-state index in [1.165, 1.54) is 6.92 Å². The molecule has 1 unspecified atom stereocenters. The Kier molecular flexibility index (Phi) is 2.54. The summed E-state index contributed by atoms with van der Waals surface area (Å²) in [5.74, 6) is -0.470. The Labute approximate surface area is 94.4 Å². The van der Waals surface area contributed by atoms with Crippen molar-refractivity contribution in [1.29, 1.82) is 0 Å². The first-order valence-electron chi connectivity index (χ1n) is 5.31. The highest BCUT2D eigenvalue weighted by Crippen LogP contribution is 2.26. The van der Waals surface area contributed by atoms with Gasteiger partial charge in [0.05, 0.1) is 5.56 Å². The second-order valence-electron chi connectivity index (χ2n) is 4.26. The zero-order chi connectivity index (χ0) is 11.9. The van der Waals surface area contributed by atoms with Crippen LogP contribution in [0.3, 0.4) is 0 Å². The molecule has 1 aromatic carbocycles. The number of Topliss-reactive ketones (excluding diaryl/α,β-unsaturated/α-hetero) is 1. The van der Waals surface area contributed by atoms with Gasteiger partial charge < -0.3 is 4.74 Å². The highest BCUT2D eigenvalue weighted by atomic mass is 16.5. The van der Waals surface area contributed by atoms with E-state index in [1.54, 1.807) is 0 Å². The van der Waals surface area contributed by atoms with Gasteiger partial charge >= 0.3 is 5.97 Å². The lowest BCUT2D eigenvalue weighted by molar-refractivity contribution is -0.125. The number of carbonyl (C=O) groups excluding carboxylic acids is 2. The number of ketones is 1. The molecule has 1 aliphatic heterocycles. The van der Waals surface area contributed by atoms with E-state index in [1.807, 2.05) is 26.0 Å². The molecule has 1 atom stereocenters. The minimum absolute atomic E-state index is 0.0973. The Morgan fingerprint density at radius 3 is 2.56 bits per heavy atom. The normalized spacial score (nSPS) is 18.9. The van der Waals surface area contributed by atoms with E-state index in [-0.39, 0.29) is 11.8 Å². The molecule has 0 saturated carbocycles. The molecule has 0 saturated heterocycles. The number of hydrogen-bond donors (Lipinski definition) is 0. The molecule has 0 fully saturated rings. The van der Waals surface area contributed by atoms with Crippen molar-refractivity contribution in [2.24, 2.45) is 0 Å². The summed E-state index contributed by atoms with van der Waals surface area (Å²) in [5, 5.41) is 0. The van der Waals surface area contributed by atoms with Gasteiger partial charge in [0.15, 0.2) is 11.9 Å². The third kappa shape index (κ3) is 1.62. The minimum Gasteiger partial charge on any atom is -0.450 e. The number of benzene rings is 1. The Hall–Kier alpha value is -1.64. The standard InChI is InChI=1S/C13H14O3/c1-7-4-5-8(2)12-10(7)6-11(9(3)14)16-13(12)15/h4-5,11H,6H2,1-3H3. The van der Waals surface area contributed by atoms with Crippen LogP contribution in [0.25, 0.3) is 0 Å². The Balaban J connectivity index is 2.54. The van der Waals surface area contributed by atoms with Gasteiger partial charge in [0.2, 0.25) is 0 Å². The molecule has 84 valence electrons. The lowest BCUT2D eigenvalue weighted by Gasteiger charge is -2.25. The molecule has 0 bridgehead atoms. The average molecular weight is 218 g/mol. The molecule has 0 spiro atoms. The summed E-state index contributed by atoms with van der Waals surface area (Å²) >= 11 is 0. The Morgan fingerprint density at radius 2 is 1.94 bits per heavy atom. The Morgan fingerprint density at radius 1 is 1.31 bits per heavy atom. The zero-order valence-electron chi connectivity index (χ0n) is 9.66. The maximum atomic E-state index is 11.8. The van der Waals surface area contributed by atoms with E-state index >= 15 is 0 Å². The summed E-state index contributed by atoms with van der Waals surface area (Å²) < 4.78 is 5.12. The van der Waals surface area contributed by atoms with Gasteiger partial charge in [-0.2, -0.15) is 0 Å². The van der Waals surface area contributed by atoms with Crippen molar-refractivity contribution < 1.29 is 14.3 Å². The molecular weight excluding hydrogens is 204 g/mol. The zero-order valence-corrected chi connectivity index (χ0v) is 9.66. The topological polar surface area (TPSA) is 43.4 Å². The second-order valence-corrected chi connectivity index (χ2v) is 4.26. The molecule has 1 aliphatic rings. The van der Waals surface area contributed by atoms with Gasteiger partial charge in [-0.3, -0.25) is 4.79 Å². The molecule has 3 nitrogen and oxygen atoms in total. The van der Waals surface area contributed by atoms with Crippen LogP contribution < -0.4 is 0 Å². The van der Waals surface area contributed by atoms with Crippen LogP contribution in [0.1, 0.15) is 34.0 Å². The summed E-state index contributed by atoms with van der Waals surface area (Å²) in [6, 6.07) is 3.88. The SMILES string of the molecule is CC(=O)C1Cc2c(C)ccc(C)c2C(=O)O1. The number of cyclic esters (lactones) is 1. The summed E-state index contributed by atoms with van der Waals surface area (Å²) in [6.07, 6.45) is -0.107. The number of fused-ring (bicyclic) bond motifs is 1. The van der Waals surface area contributed by atoms with Crippen molar-refractivity contribution in [2.45, 2.75) is 33.3 Å². The number of carbonyl (C=O) groups is 2. The first-order valence-corrected chi connectivity index (χ1v) is 5.31. The van der Waals surface area contributed by atoms with Crippen LogP contribution in [-0.2, 0) is 16.0 Å². The molecule has 0 aliphatic carbocycles. The molecule has 1 heterocycles. The van der Waals surface area contributed by atoms with Crippen molar-refractivity contribution in [3.63, 3.8) is 0 Å².